The molecule has 0 aromatic heterocycles. The summed E-state index contributed by atoms with van der Waals surface area (Å²) in [7, 11) is 0. The first kappa shape index (κ1) is 15.9. The van der Waals surface area contributed by atoms with Crippen molar-refractivity contribution in [2.75, 3.05) is 10.6 Å². The van der Waals surface area contributed by atoms with Crippen LogP contribution in [0.3, 0.4) is 0 Å². The number of anilines is 2. The molecule has 0 spiro atoms. The van der Waals surface area contributed by atoms with E-state index in [4.69, 9.17) is 11.6 Å². The number of hydrogen-bond acceptors (Lipinski definition) is 3. The molecule has 2 rings (SSSR count). The average Bonchev–Trinajstić information content (AvgIpc) is 2.45. The quantitative estimate of drug-likeness (QED) is 0.587. The van der Waals surface area contributed by atoms with E-state index in [1.165, 1.54) is 12.1 Å². The highest BCUT2D eigenvalue weighted by Gasteiger charge is 2.16. The Kier molecular flexibility index (Phi) is 4.68. The number of aryl methyl sites for hydroxylation is 2. The molecule has 22 heavy (non-hydrogen) atoms. The van der Waals surface area contributed by atoms with Crippen molar-refractivity contribution in [2.24, 2.45) is 0 Å². The zero-order chi connectivity index (χ0) is 16.3. The van der Waals surface area contributed by atoms with E-state index in [2.05, 4.69) is 10.6 Å². The zero-order valence-electron chi connectivity index (χ0n) is 12.1. The van der Waals surface area contributed by atoms with E-state index < -0.39 is 11.8 Å². The molecule has 5 nitrogen and oxygen atoms in total. The number of halogens is 1. The number of phenolic OH excluding ortho intramolecular Hbond substituents is 1. The summed E-state index contributed by atoms with van der Waals surface area (Å²) < 4.78 is 0. The molecule has 0 aliphatic heterocycles. The molecule has 2 aromatic rings. The van der Waals surface area contributed by atoms with E-state index in [0.29, 0.717) is 10.7 Å². The fourth-order valence-corrected chi connectivity index (χ4v) is 2.01. The Morgan fingerprint density at radius 3 is 2.23 bits per heavy atom. The van der Waals surface area contributed by atoms with Crippen LogP contribution in [-0.4, -0.2) is 16.9 Å². The van der Waals surface area contributed by atoms with E-state index in [9.17, 15) is 14.7 Å². The van der Waals surface area contributed by atoms with Crippen molar-refractivity contribution in [1.29, 1.82) is 0 Å². The van der Waals surface area contributed by atoms with E-state index >= 15 is 0 Å². The van der Waals surface area contributed by atoms with E-state index in [1.54, 1.807) is 38.1 Å². The zero-order valence-corrected chi connectivity index (χ0v) is 12.9. The summed E-state index contributed by atoms with van der Waals surface area (Å²) in [6.45, 7) is 3.59. The first-order valence-corrected chi connectivity index (χ1v) is 6.92. The van der Waals surface area contributed by atoms with Gasteiger partial charge in [-0.25, -0.2) is 0 Å². The minimum Gasteiger partial charge on any atom is -0.506 e. The predicted molar refractivity (Wildman–Crippen MR) is 86.3 cm³/mol. The normalized spacial score (nSPS) is 10.1. The second-order valence-corrected chi connectivity index (χ2v) is 5.32. The second-order valence-electron chi connectivity index (χ2n) is 4.89. The number of aromatic hydroxyl groups is 1. The number of benzene rings is 2. The molecular formula is C16H15ClN2O3. The summed E-state index contributed by atoms with van der Waals surface area (Å²) >= 11 is 5.86. The van der Waals surface area contributed by atoms with Gasteiger partial charge in [0.15, 0.2) is 0 Å². The van der Waals surface area contributed by atoms with E-state index in [-0.39, 0.29) is 11.4 Å². The van der Waals surface area contributed by atoms with Gasteiger partial charge in [-0.15, -0.1) is 0 Å². The maximum Gasteiger partial charge on any atom is 0.314 e. The third kappa shape index (κ3) is 3.77. The highest BCUT2D eigenvalue weighted by molar-refractivity contribution is 6.44. The van der Waals surface area contributed by atoms with Gasteiger partial charge in [-0.3, -0.25) is 9.59 Å². The van der Waals surface area contributed by atoms with Gasteiger partial charge >= 0.3 is 11.8 Å². The molecule has 0 atom stereocenters. The Bertz CT molecular complexity index is 744. The third-order valence-corrected chi connectivity index (χ3v) is 3.29. The van der Waals surface area contributed by atoms with Gasteiger partial charge in [-0.2, -0.15) is 0 Å². The van der Waals surface area contributed by atoms with Crippen LogP contribution in [0.15, 0.2) is 36.4 Å². The van der Waals surface area contributed by atoms with Gasteiger partial charge < -0.3 is 15.7 Å². The maximum atomic E-state index is 11.9. The first-order valence-electron chi connectivity index (χ1n) is 6.55. The Balaban J connectivity index is 2.09. The summed E-state index contributed by atoms with van der Waals surface area (Å²) in [5, 5.41) is 15.0. The average molecular weight is 319 g/mol. The number of nitrogens with one attached hydrogen (secondary N) is 2. The van der Waals surface area contributed by atoms with Gasteiger partial charge in [0.2, 0.25) is 0 Å². The van der Waals surface area contributed by atoms with Crippen LogP contribution in [0.5, 0.6) is 5.75 Å². The lowest BCUT2D eigenvalue weighted by molar-refractivity contribution is -0.133. The fraction of sp³-hybridized carbons (Fsp3) is 0.125. The van der Waals surface area contributed by atoms with Gasteiger partial charge in [-0.05, 0) is 49.2 Å². The Morgan fingerprint density at radius 1 is 0.955 bits per heavy atom. The van der Waals surface area contributed by atoms with Gasteiger partial charge in [0.05, 0.1) is 5.69 Å². The van der Waals surface area contributed by atoms with Crippen molar-refractivity contribution in [2.45, 2.75) is 13.8 Å². The van der Waals surface area contributed by atoms with Gasteiger partial charge in [-0.1, -0.05) is 23.7 Å². The highest BCUT2D eigenvalue weighted by atomic mass is 35.5. The van der Waals surface area contributed by atoms with Crippen LogP contribution in [0.1, 0.15) is 11.1 Å². The van der Waals surface area contributed by atoms with E-state index in [0.717, 1.165) is 11.1 Å². The van der Waals surface area contributed by atoms with Gasteiger partial charge in [0, 0.05) is 10.7 Å². The Morgan fingerprint density at radius 2 is 1.59 bits per heavy atom. The molecule has 3 N–H and O–H groups in total. The minimum absolute atomic E-state index is 0.0971. The van der Waals surface area contributed by atoms with Crippen LogP contribution in [0, 0.1) is 13.8 Å². The number of amides is 2. The summed E-state index contributed by atoms with van der Waals surface area (Å²) in [4.78, 5) is 23.8. The smallest absolute Gasteiger partial charge is 0.314 e. The molecule has 0 aliphatic carbocycles. The molecule has 6 heteroatoms. The molecule has 0 heterocycles. The van der Waals surface area contributed by atoms with Crippen molar-refractivity contribution < 1.29 is 14.7 Å². The van der Waals surface area contributed by atoms with Gasteiger partial charge in [0.25, 0.3) is 0 Å². The lowest BCUT2D eigenvalue weighted by Gasteiger charge is -2.10. The summed E-state index contributed by atoms with van der Waals surface area (Å²) in [6, 6.07) is 9.73. The highest BCUT2D eigenvalue weighted by Crippen LogP contribution is 2.24. The lowest BCUT2D eigenvalue weighted by Crippen LogP contribution is -2.29. The molecule has 0 radical (unpaired) electrons. The summed E-state index contributed by atoms with van der Waals surface area (Å²) in [5.74, 6) is -1.82. The maximum absolute atomic E-state index is 11.9. The molecule has 0 aliphatic rings. The second kappa shape index (κ2) is 6.49. The molecule has 2 amide bonds. The van der Waals surface area contributed by atoms with Gasteiger partial charge in [0.1, 0.15) is 5.75 Å². The lowest BCUT2D eigenvalue weighted by atomic mass is 10.2. The van der Waals surface area contributed by atoms with Crippen molar-refractivity contribution in [3.63, 3.8) is 0 Å². The van der Waals surface area contributed by atoms with Crippen LogP contribution < -0.4 is 10.6 Å². The molecule has 2 aromatic carbocycles. The van der Waals surface area contributed by atoms with Crippen LogP contribution in [0.4, 0.5) is 11.4 Å². The number of carbonyl (C=O) groups excluding carboxylic acids is 2. The van der Waals surface area contributed by atoms with Crippen molar-refractivity contribution in [3.05, 3.63) is 52.5 Å². The Hall–Kier alpha value is -2.53. The first-order chi connectivity index (χ1) is 10.4. The van der Waals surface area contributed by atoms with Crippen molar-refractivity contribution in [3.8, 4) is 5.75 Å². The molecule has 0 unspecified atom stereocenters. The van der Waals surface area contributed by atoms with Crippen LogP contribution in [0.25, 0.3) is 0 Å². The topological polar surface area (TPSA) is 78.4 Å². The van der Waals surface area contributed by atoms with Crippen molar-refractivity contribution >= 4 is 34.8 Å². The van der Waals surface area contributed by atoms with E-state index in [1.807, 2.05) is 0 Å². The van der Waals surface area contributed by atoms with Crippen LogP contribution >= 0.6 is 11.6 Å². The van der Waals surface area contributed by atoms with Crippen LogP contribution in [-0.2, 0) is 9.59 Å². The van der Waals surface area contributed by atoms with Crippen molar-refractivity contribution in [1.82, 2.24) is 0 Å². The molecule has 0 saturated carbocycles. The third-order valence-electron chi connectivity index (χ3n) is 3.06. The fourth-order valence-electron chi connectivity index (χ4n) is 1.83. The molecular weight excluding hydrogens is 304 g/mol. The summed E-state index contributed by atoms with van der Waals surface area (Å²) in [6.07, 6.45) is 0. The summed E-state index contributed by atoms with van der Waals surface area (Å²) in [5.41, 5.74) is 2.26. The van der Waals surface area contributed by atoms with Crippen LogP contribution in [0.2, 0.25) is 5.02 Å². The minimum atomic E-state index is -0.876. The molecule has 0 saturated heterocycles. The molecule has 114 valence electrons. The number of phenols is 1. The SMILES string of the molecule is Cc1ccc(NC(=O)C(=O)Nc2cc(Cl)ccc2C)c(O)c1. The number of rotatable bonds is 2. The number of hydrogen-bond donors (Lipinski definition) is 3. The number of carbonyl (C=O) groups is 2. The molecule has 0 bridgehead atoms. The largest absolute Gasteiger partial charge is 0.506 e. The Labute approximate surface area is 132 Å². The monoisotopic (exact) mass is 318 g/mol. The molecule has 0 fully saturated rings. The predicted octanol–water partition coefficient (Wildman–Crippen LogP) is 3.24. The standard InChI is InChI=1S/C16H15ClN2O3/c1-9-3-6-12(14(20)7-9)18-15(21)16(22)19-13-8-11(17)5-4-10(13)2/h3-8,20H,1-2H3,(H,18,21)(H,19,22).